The van der Waals surface area contributed by atoms with Crippen LogP contribution < -0.4 is 9.47 Å². The lowest BCUT2D eigenvalue weighted by molar-refractivity contribution is 0.203. The molecule has 26 heavy (non-hydrogen) atoms. The van der Waals surface area contributed by atoms with E-state index in [-0.39, 0.29) is 6.04 Å². The summed E-state index contributed by atoms with van der Waals surface area (Å²) in [6, 6.07) is 14.9. The molecular weight excluding hydrogens is 344 g/mol. The van der Waals surface area contributed by atoms with E-state index >= 15 is 0 Å². The molecule has 1 aliphatic rings. The van der Waals surface area contributed by atoms with Gasteiger partial charge in [0.2, 0.25) is 0 Å². The van der Waals surface area contributed by atoms with Crippen LogP contribution in [0, 0.1) is 0 Å². The van der Waals surface area contributed by atoms with Gasteiger partial charge >= 0.3 is 0 Å². The molecule has 0 N–H and O–H groups in total. The van der Waals surface area contributed by atoms with Crippen LogP contribution in [0.15, 0.2) is 54.0 Å². The first-order valence-electron chi connectivity index (χ1n) is 8.72. The lowest BCUT2D eigenvalue weighted by atomic mass is 9.90. The third-order valence-corrected chi connectivity index (χ3v) is 5.80. The molecular formula is C21H22N2O2S. The van der Waals surface area contributed by atoms with Crippen molar-refractivity contribution in [3.8, 4) is 11.5 Å². The van der Waals surface area contributed by atoms with Crippen LogP contribution in [0.1, 0.15) is 27.7 Å². The molecule has 0 bridgehead atoms. The zero-order valence-electron chi connectivity index (χ0n) is 15.0. The number of methoxy groups -OCH3 is 2. The van der Waals surface area contributed by atoms with Gasteiger partial charge in [0.15, 0.2) is 11.5 Å². The molecule has 134 valence electrons. The van der Waals surface area contributed by atoms with E-state index in [4.69, 9.17) is 9.47 Å². The number of nitrogens with zero attached hydrogens (tertiary/aromatic N) is 2. The van der Waals surface area contributed by atoms with Crippen LogP contribution in [0.25, 0.3) is 0 Å². The number of ether oxygens (including phenoxy) is 2. The molecule has 0 saturated heterocycles. The molecule has 1 aromatic carbocycles. The molecule has 0 spiro atoms. The number of thiophene rings is 1. The van der Waals surface area contributed by atoms with Crippen LogP contribution in [0.2, 0.25) is 0 Å². The Morgan fingerprint density at radius 2 is 1.96 bits per heavy atom. The van der Waals surface area contributed by atoms with Gasteiger partial charge in [0.25, 0.3) is 0 Å². The van der Waals surface area contributed by atoms with Gasteiger partial charge in [0.1, 0.15) is 0 Å². The van der Waals surface area contributed by atoms with Gasteiger partial charge in [-0.2, -0.15) is 0 Å². The highest BCUT2D eigenvalue weighted by Crippen LogP contribution is 2.42. The molecule has 1 aliphatic heterocycles. The minimum absolute atomic E-state index is 0.209. The number of pyridine rings is 1. The quantitative estimate of drug-likeness (QED) is 0.674. The van der Waals surface area contributed by atoms with Gasteiger partial charge in [-0.3, -0.25) is 9.88 Å². The first-order valence-corrected chi connectivity index (χ1v) is 9.60. The fourth-order valence-corrected chi connectivity index (χ4v) is 4.52. The Morgan fingerprint density at radius 1 is 1.12 bits per heavy atom. The largest absolute Gasteiger partial charge is 0.493 e. The Kier molecular flexibility index (Phi) is 4.91. The molecule has 4 rings (SSSR count). The SMILES string of the molecule is COc1cc2c(cc1OC)[C@H](c1cccs1)N(Cc1ccccn1)CC2. The van der Waals surface area contributed by atoms with Crippen molar-refractivity contribution in [3.63, 3.8) is 0 Å². The summed E-state index contributed by atoms with van der Waals surface area (Å²) in [7, 11) is 3.39. The zero-order chi connectivity index (χ0) is 17.9. The fourth-order valence-electron chi connectivity index (χ4n) is 3.65. The average Bonchev–Trinajstić information content (AvgIpc) is 3.21. The van der Waals surface area contributed by atoms with Crippen LogP contribution in [0.3, 0.4) is 0 Å². The maximum Gasteiger partial charge on any atom is 0.161 e. The van der Waals surface area contributed by atoms with Crippen LogP contribution in [-0.4, -0.2) is 30.6 Å². The molecule has 3 heterocycles. The Bertz CT molecular complexity index is 865. The number of hydrogen-bond donors (Lipinski definition) is 0. The van der Waals surface area contributed by atoms with Crippen molar-refractivity contribution >= 4 is 11.3 Å². The topological polar surface area (TPSA) is 34.6 Å². The summed E-state index contributed by atoms with van der Waals surface area (Å²) in [5.41, 5.74) is 3.73. The van der Waals surface area contributed by atoms with Crippen molar-refractivity contribution in [2.75, 3.05) is 20.8 Å². The Labute approximate surface area is 158 Å². The van der Waals surface area contributed by atoms with Crippen molar-refractivity contribution in [1.29, 1.82) is 0 Å². The predicted octanol–water partition coefficient (Wildman–Crippen LogP) is 4.31. The molecule has 0 aliphatic carbocycles. The van der Waals surface area contributed by atoms with Crippen LogP contribution in [0.5, 0.6) is 11.5 Å². The van der Waals surface area contributed by atoms with Gasteiger partial charge in [0.05, 0.1) is 26.0 Å². The third kappa shape index (κ3) is 3.20. The highest BCUT2D eigenvalue weighted by molar-refractivity contribution is 7.10. The molecule has 2 aromatic heterocycles. The van der Waals surface area contributed by atoms with Crippen molar-refractivity contribution in [2.24, 2.45) is 0 Å². The summed E-state index contributed by atoms with van der Waals surface area (Å²) in [6.45, 7) is 1.82. The van der Waals surface area contributed by atoms with E-state index in [0.29, 0.717) is 0 Å². The van der Waals surface area contributed by atoms with Gasteiger partial charge in [-0.1, -0.05) is 12.1 Å². The van der Waals surface area contributed by atoms with Crippen molar-refractivity contribution in [3.05, 3.63) is 75.7 Å². The van der Waals surface area contributed by atoms with Crippen molar-refractivity contribution in [2.45, 2.75) is 19.0 Å². The first kappa shape index (κ1) is 17.1. The first-order chi connectivity index (χ1) is 12.8. The second kappa shape index (κ2) is 7.48. The standard InChI is InChI=1S/C21H22N2O2S/c1-24-18-12-15-8-10-23(14-16-6-3-4-9-22-16)21(20-7-5-11-26-20)17(15)13-19(18)25-2/h3-7,9,11-13,21H,8,10,14H2,1-2H3/t21-/m1/s1. The van der Waals surface area contributed by atoms with Gasteiger partial charge in [-0.05, 0) is 53.3 Å². The number of aromatic nitrogens is 1. The van der Waals surface area contributed by atoms with Crippen molar-refractivity contribution < 1.29 is 9.47 Å². The van der Waals surface area contributed by atoms with Crippen molar-refractivity contribution in [1.82, 2.24) is 9.88 Å². The summed E-state index contributed by atoms with van der Waals surface area (Å²) >= 11 is 1.80. The van der Waals surface area contributed by atoms with Gasteiger partial charge < -0.3 is 9.47 Å². The molecule has 5 heteroatoms. The maximum atomic E-state index is 5.57. The summed E-state index contributed by atoms with van der Waals surface area (Å²) in [5, 5.41) is 2.14. The van der Waals surface area contributed by atoms with E-state index in [2.05, 4.69) is 45.6 Å². The zero-order valence-corrected chi connectivity index (χ0v) is 15.8. The molecule has 4 nitrogen and oxygen atoms in total. The highest BCUT2D eigenvalue weighted by Gasteiger charge is 2.31. The second-order valence-electron chi connectivity index (χ2n) is 6.37. The van der Waals surface area contributed by atoms with E-state index < -0.39 is 0 Å². The summed E-state index contributed by atoms with van der Waals surface area (Å²) < 4.78 is 11.1. The van der Waals surface area contributed by atoms with Crippen LogP contribution >= 0.6 is 11.3 Å². The number of rotatable bonds is 5. The smallest absolute Gasteiger partial charge is 0.161 e. The Balaban J connectivity index is 1.77. The van der Waals surface area contributed by atoms with E-state index in [1.165, 1.54) is 16.0 Å². The molecule has 0 fully saturated rings. The number of hydrogen-bond acceptors (Lipinski definition) is 5. The van der Waals surface area contributed by atoms with Gasteiger partial charge in [-0.25, -0.2) is 0 Å². The third-order valence-electron chi connectivity index (χ3n) is 4.88. The van der Waals surface area contributed by atoms with Gasteiger partial charge in [-0.15, -0.1) is 11.3 Å². The van der Waals surface area contributed by atoms with Gasteiger partial charge in [0, 0.05) is 24.2 Å². The summed E-state index contributed by atoms with van der Waals surface area (Å²) in [6.07, 6.45) is 2.85. The average molecular weight is 366 g/mol. The molecule has 0 amide bonds. The molecule has 0 saturated carbocycles. The minimum atomic E-state index is 0.209. The predicted molar refractivity (Wildman–Crippen MR) is 104 cm³/mol. The van der Waals surface area contributed by atoms with E-state index in [0.717, 1.165) is 36.7 Å². The normalized spacial score (nSPS) is 16.9. The number of benzene rings is 1. The van der Waals surface area contributed by atoms with E-state index in [1.54, 1.807) is 25.6 Å². The molecule has 1 atom stereocenters. The summed E-state index contributed by atoms with van der Waals surface area (Å²) in [5.74, 6) is 1.59. The summed E-state index contributed by atoms with van der Waals surface area (Å²) in [4.78, 5) is 8.37. The van der Waals surface area contributed by atoms with Crippen LogP contribution in [-0.2, 0) is 13.0 Å². The van der Waals surface area contributed by atoms with E-state index in [1.807, 2.05) is 18.3 Å². The lowest BCUT2D eigenvalue weighted by Gasteiger charge is -2.37. The number of fused-ring (bicyclic) bond motifs is 1. The lowest BCUT2D eigenvalue weighted by Crippen LogP contribution is -2.35. The Morgan fingerprint density at radius 3 is 2.65 bits per heavy atom. The van der Waals surface area contributed by atoms with Crippen LogP contribution in [0.4, 0.5) is 0 Å². The molecule has 3 aromatic rings. The molecule has 0 unspecified atom stereocenters. The minimum Gasteiger partial charge on any atom is -0.493 e. The highest BCUT2D eigenvalue weighted by atomic mass is 32.1. The maximum absolute atomic E-state index is 5.57. The fraction of sp³-hybridized carbons (Fsp3) is 0.286. The molecule has 0 radical (unpaired) electrons. The Hall–Kier alpha value is -2.37. The monoisotopic (exact) mass is 366 g/mol. The van der Waals surface area contributed by atoms with E-state index in [9.17, 15) is 0 Å². The second-order valence-corrected chi connectivity index (χ2v) is 7.34.